The molecule has 0 saturated heterocycles. The van der Waals surface area contributed by atoms with E-state index >= 15 is 0 Å². The van der Waals surface area contributed by atoms with E-state index in [1.807, 2.05) is 6.92 Å². The van der Waals surface area contributed by atoms with Gasteiger partial charge in [0, 0.05) is 6.04 Å². The molecule has 0 fully saturated rings. The van der Waals surface area contributed by atoms with Gasteiger partial charge in [-0.3, -0.25) is 0 Å². The quantitative estimate of drug-likeness (QED) is 0.635. The van der Waals surface area contributed by atoms with Gasteiger partial charge < -0.3 is 5.73 Å². The van der Waals surface area contributed by atoms with Crippen molar-refractivity contribution in [1.82, 2.24) is 4.72 Å². The molecule has 3 N–H and O–H groups in total. The molecule has 0 aromatic heterocycles. The molecule has 1 atom stereocenters. The summed E-state index contributed by atoms with van der Waals surface area (Å²) in [5, 5.41) is 0. The number of hydrogen-bond donors (Lipinski definition) is 2. The summed E-state index contributed by atoms with van der Waals surface area (Å²) in [4.78, 5) is 0.159. The molecule has 0 amide bonds. The Labute approximate surface area is 103 Å². The largest absolute Gasteiger partial charge is 0.398 e. The molecule has 94 valence electrons. The van der Waals surface area contributed by atoms with Gasteiger partial charge in [0.05, 0.1) is 5.69 Å². The van der Waals surface area contributed by atoms with Crippen LogP contribution in [0.4, 0.5) is 5.69 Å². The van der Waals surface area contributed by atoms with E-state index in [1.165, 1.54) is 6.08 Å². The average molecular weight is 254 g/mol. The van der Waals surface area contributed by atoms with Gasteiger partial charge in [-0.25, -0.2) is 13.1 Å². The molecule has 0 spiro atoms. The highest BCUT2D eigenvalue weighted by atomic mass is 32.2. The van der Waals surface area contributed by atoms with Crippen molar-refractivity contribution in [1.29, 1.82) is 0 Å². The summed E-state index contributed by atoms with van der Waals surface area (Å²) in [6.45, 7) is 8.86. The highest BCUT2D eigenvalue weighted by molar-refractivity contribution is 7.89. The van der Waals surface area contributed by atoms with Crippen molar-refractivity contribution in [3.63, 3.8) is 0 Å². The monoisotopic (exact) mass is 254 g/mol. The first kappa shape index (κ1) is 13.7. The summed E-state index contributed by atoms with van der Waals surface area (Å²) in [6, 6.07) is 3.08. The average Bonchev–Trinajstić information content (AvgIpc) is 2.23. The molecule has 0 bridgehead atoms. The van der Waals surface area contributed by atoms with Crippen molar-refractivity contribution in [2.75, 3.05) is 5.73 Å². The Balaban J connectivity index is 3.33. The first-order valence-electron chi connectivity index (χ1n) is 5.30. The van der Waals surface area contributed by atoms with Crippen LogP contribution in [0.5, 0.6) is 0 Å². The van der Waals surface area contributed by atoms with E-state index in [-0.39, 0.29) is 16.6 Å². The number of anilines is 1. The normalized spacial score (nSPS) is 13.4. The highest BCUT2D eigenvalue weighted by Crippen LogP contribution is 2.25. The molecule has 0 aliphatic carbocycles. The lowest BCUT2D eigenvalue weighted by Crippen LogP contribution is -2.32. The molecule has 1 rings (SSSR count). The van der Waals surface area contributed by atoms with Gasteiger partial charge >= 0.3 is 0 Å². The summed E-state index contributed by atoms with van der Waals surface area (Å²) in [6.07, 6.45) is 1.53. The molecular weight excluding hydrogens is 236 g/mol. The number of benzene rings is 1. The predicted octanol–water partition coefficient (Wildman–Crippen LogP) is 1.74. The zero-order chi connectivity index (χ0) is 13.2. The van der Waals surface area contributed by atoms with E-state index < -0.39 is 10.0 Å². The third kappa shape index (κ3) is 2.87. The zero-order valence-electron chi connectivity index (χ0n) is 10.3. The van der Waals surface area contributed by atoms with E-state index in [1.54, 1.807) is 26.0 Å². The van der Waals surface area contributed by atoms with E-state index in [0.717, 1.165) is 5.56 Å². The maximum atomic E-state index is 12.2. The molecule has 1 unspecified atom stereocenters. The zero-order valence-corrected chi connectivity index (χ0v) is 11.1. The molecule has 1 aromatic carbocycles. The number of sulfonamides is 1. The lowest BCUT2D eigenvalue weighted by atomic mass is 10.1. The Kier molecular flexibility index (Phi) is 3.95. The summed E-state index contributed by atoms with van der Waals surface area (Å²) >= 11 is 0. The number of nitrogen functional groups attached to an aromatic ring is 1. The fourth-order valence-corrected chi connectivity index (χ4v) is 3.17. The summed E-state index contributed by atoms with van der Waals surface area (Å²) in [5.74, 6) is 0. The fraction of sp³-hybridized carbons (Fsp3) is 0.333. The van der Waals surface area contributed by atoms with E-state index in [0.29, 0.717) is 5.56 Å². The van der Waals surface area contributed by atoms with E-state index in [2.05, 4.69) is 11.3 Å². The SMILES string of the molecule is C=CC(C)NS(=O)(=O)c1c(N)ccc(C)c1C. The van der Waals surface area contributed by atoms with Crippen LogP contribution in [0, 0.1) is 13.8 Å². The van der Waals surface area contributed by atoms with Gasteiger partial charge in [0.1, 0.15) is 4.90 Å². The van der Waals surface area contributed by atoms with Crippen LogP contribution >= 0.6 is 0 Å². The standard InChI is InChI=1S/C12H18N2O2S/c1-5-9(3)14-17(15,16)12-10(4)8(2)6-7-11(12)13/h5-7,9,14H,1,13H2,2-4H3. The van der Waals surface area contributed by atoms with Crippen LogP contribution < -0.4 is 10.5 Å². The lowest BCUT2D eigenvalue weighted by molar-refractivity contribution is 0.576. The van der Waals surface area contributed by atoms with Crippen LogP contribution in [0.1, 0.15) is 18.1 Å². The first-order valence-corrected chi connectivity index (χ1v) is 6.78. The molecule has 0 aliphatic rings. The van der Waals surface area contributed by atoms with Crippen LogP contribution in [0.15, 0.2) is 29.7 Å². The van der Waals surface area contributed by atoms with Gasteiger partial charge in [0.15, 0.2) is 0 Å². The molecule has 17 heavy (non-hydrogen) atoms. The van der Waals surface area contributed by atoms with Gasteiger partial charge in [-0.15, -0.1) is 6.58 Å². The molecular formula is C12H18N2O2S. The smallest absolute Gasteiger partial charge is 0.243 e. The number of rotatable bonds is 4. The van der Waals surface area contributed by atoms with Crippen LogP contribution in [-0.4, -0.2) is 14.5 Å². The maximum Gasteiger partial charge on any atom is 0.243 e. The van der Waals surface area contributed by atoms with Gasteiger partial charge in [-0.05, 0) is 38.0 Å². The highest BCUT2D eigenvalue weighted by Gasteiger charge is 2.22. The summed E-state index contributed by atoms with van der Waals surface area (Å²) in [5.41, 5.74) is 7.58. The van der Waals surface area contributed by atoms with Gasteiger partial charge in [-0.1, -0.05) is 12.1 Å². The first-order chi connectivity index (χ1) is 7.79. The van der Waals surface area contributed by atoms with Gasteiger partial charge in [-0.2, -0.15) is 0 Å². The Hall–Kier alpha value is -1.33. The maximum absolute atomic E-state index is 12.2. The minimum absolute atomic E-state index is 0.159. The lowest BCUT2D eigenvalue weighted by Gasteiger charge is -2.15. The molecule has 0 radical (unpaired) electrons. The van der Waals surface area contributed by atoms with Crippen molar-refractivity contribution in [2.45, 2.75) is 31.7 Å². The van der Waals surface area contributed by atoms with Crippen molar-refractivity contribution < 1.29 is 8.42 Å². The van der Waals surface area contributed by atoms with Crippen LogP contribution in [-0.2, 0) is 10.0 Å². The van der Waals surface area contributed by atoms with Crippen molar-refractivity contribution in [3.05, 3.63) is 35.9 Å². The van der Waals surface area contributed by atoms with Crippen LogP contribution in [0.2, 0.25) is 0 Å². The Morgan fingerprint density at radius 2 is 2.00 bits per heavy atom. The van der Waals surface area contributed by atoms with Crippen LogP contribution in [0.3, 0.4) is 0 Å². The van der Waals surface area contributed by atoms with Gasteiger partial charge in [0.2, 0.25) is 10.0 Å². The van der Waals surface area contributed by atoms with Crippen molar-refractivity contribution in [2.24, 2.45) is 0 Å². The Bertz CT molecular complexity index is 536. The summed E-state index contributed by atoms with van der Waals surface area (Å²) in [7, 11) is -3.60. The molecule has 4 nitrogen and oxygen atoms in total. The second kappa shape index (κ2) is 4.89. The number of hydrogen-bond acceptors (Lipinski definition) is 3. The number of aryl methyl sites for hydroxylation is 1. The van der Waals surface area contributed by atoms with Gasteiger partial charge in [0.25, 0.3) is 0 Å². The fourth-order valence-electron chi connectivity index (χ4n) is 1.52. The molecule has 0 saturated carbocycles. The van der Waals surface area contributed by atoms with Crippen molar-refractivity contribution in [3.8, 4) is 0 Å². The second-order valence-corrected chi connectivity index (χ2v) is 5.72. The Morgan fingerprint density at radius 3 is 2.53 bits per heavy atom. The Morgan fingerprint density at radius 1 is 1.41 bits per heavy atom. The summed E-state index contributed by atoms with van der Waals surface area (Å²) < 4.78 is 26.8. The number of nitrogens with two attached hydrogens (primary N) is 1. The minimum Gasteiger partial charge on any atom is -0.398 e. The minimum atomic E-state index is -3.60. The van der Waals surface area contributed by atoms with E-state index in [4.69, 9.17) is 5.73 Å². The number of nitrogens with one attached hydrogen (secondary N) is 1. The second-order valence-electron chi connectivity index (χ2n) is 4.07. The van der Waals surface area contributed by atoms with Crippen LogP contribution in [0.25, 0.3) is 0 Å². The topological polar surface area (TPSA) is 72.2 Å². The molecule has 5 heteroatoms. The predicted molar refractivity (Wildman–Crippen MR) is 70.3 cm³/mol. The molecule has 0 aliphatic heterocycles. The van der Waals surface area contributed by atoms with Crippen molar-refractivity contribution >= 4 is 15.7 Å². The third-order valence-electron chi connectivity index (χ3n) is 2.67. The molecule has 0 heterocycles. The van der Waals surface area contributed by atoms with E-state index in [9.17, 15) is 8.42 Å². The third-order valence-corrected chi connectivity index (χ3v) is 4.43. The molecule has 1 aromatic rings.